The van der Waals surface area contributed by atoms with Gasteiger partial charge < -0.3 is 25.5 Å². The summed E-state index contributed by atoms with van der Waals surface area (Å²) in [5.41, 5.74) is 5.96. The third-order valence-electron chi connectivity index (χ3n) is 5.69. The lowest BCUT2D eigenvalue weighted by Gasteiger charge is -2.27. The lowest BCUT2D eigenvalue weighted by atomic mass is 10.2. The van der Waals surface area contributed by atoms with Crippen LogP contribution in [0.3, 0.4) is 0 Å². The van der Waals surface area contributed by atoms with Crippen LogP contribution in [-0.4, -0.2) is 63.6 Å². The van der Waals surface area contributed by atoms with Crippen LogP contribution in [0.2, 0.25) is 0 Å². The molecular weight excluding hydrogens is 414 g/mol. The van der Waals surface area contributed by atoms with Gasteiger partial charge in [0.15, 0.2) is 0 Å². The second-order valence-corrected chi connectivity index (χ2v) is 7.70. The van der Waals surface area contributed by atoms with Crippen molar-refractivity contribution in [3.63, 3.8) is 0 Å². The van der Waals surface area contributed by atoms with E-state index in [1.165, 1.54) is 11.4 Å². The standard InChI is InChI=1S/2C7H11N3.C6H11N3.2C2H6/c1-6-7-9-3-5-10(7)4-2-8-6;1-6-7-2-3-9-10(7)5-4-8-6;1-2-8-9-4-3-7-5-6(1)9;2*1-2/h3,5-6,8H,2,4H2,1H3;2-3,6,8H,4-5H2,1H3;1,7-8H,2-5H2;2*1-2H3. The second kappa shape index (κ2) is 14.8. The summed E-state index contributed by atoms with van der Waals surface area (Å²) in [6.07, 6.45) is 7.98. The highest BCUT2D eigenvalue weighted by molar-refractivity contribution is 5.10. The molecule has 2 atom stereocenters. The molecule has 2 aromatic heterocycles. The Morgan fingerprint density at radius 3 is 2.39 bits per heavy atom. The zero-order chi connectivity index (χ0) is 24.1. The fraction of sp³-hybridized carbons (Fsp3) is 0.667. The molecular formula is C24H45N9. The van der Waals surface area contributed by atoms with Crippen LogP contribution < -0.4 is 21.4 Å². The molecule has 4 N–H and O–H groups in total. The maximum Gasteiger partial charge on any atom is 0.125 e. The summed E-state index contributed by atoms with van der Waals surface area (Å²) < 4.78 is 4.25. The van der Waals surface area contributed by atoms with E-state index in [1.54, 1.807) is 0 Å². The van der Waals surface area contributed by atoms with E-state index in [9.17, 15) is 0 Å². The number of hydrazine groups is 1. The first-order valence-corrected chi connectivity index (χ1v) is 12.6. The Morgan fingerprint density at radius 1 is 0.909 bits per heavy atom. The summed E-state index contributed by atoms with van der Waals surface area (Å²) in [6, 6.07) is 2.96. The summed E-state index contributed by atoms with van der Waals surface area (Å²) in [6.45, 7) is 20.7. The van der Waals surface area contributed by atoms with Crippen LogP contribution in [0.1, 0.15) is 65.1 Å². The fourth-order valence-corrected chi connectivity index (χ4v) is 4.06. The first-order valence-electron chi connectivity index (χ1n) is 12.6. The fourth-order valence-electron chi connectivity index (χ4n) is 4.06. The van der Waals surface area contributed by atoms with Gasteiger partial charge in [-0.25, -0.2) is 10.4 Å². The number of rotatable bonds is 0. The summed E-state index contributed by atoms with van der Waals surface area (Å²) in [5, 5.41) is 16.4. The number of hydrogen-bond donors (Lipinski definition) is 4. The Hall–Kier alpha value is -2.20. The minimum absolute atomic E-state index is 0.420. The van der Waals surface area contributed by atoms with Crippen LogP contribution in [0.15, 0.2) is 36.4 Å². The Bertz CT molecular complexity index is 760. The molecule has 4 aliphatic rings. The van der Waals surface area contributed by atoms with Crippen LogP contribution in [0.25, 0.3) is 0 Å². The molecule has 6 rings (SSSR count). The van der Waals surface area contributed by atoms with E-state index in [0.29, 0.717) is 12.1 Å². The van der Waals surface area contributed by atoms with Gasteiger partial charge in [0, 0.05) is 76.1 Å². The molecule has 1 saturated heterocycles. The molecule has 0 amide bonds. The predicted molar refractivity (Wildman–Crippen MR) is 136 cm³/mol. The molecule has 9 nitrogen and oxygen atoms in total. The number of fused-ring (bicyclic) bond motifs is 3. The molecule has 0 bridgehead atoms. The Balaban J connectivity index is 0.000000163. The van der Waals surface area contributed by atoms with Crippen LogP contribution in [-0.2, 0) is 13.1 Å². The average molecular weight is 460 g/mol. The summed E-state index contributed by atoms with van der Waals surface area (Å²) in [4.78, 5) is 4.24. The molecule has 0 saturated carbocycles. The molecule has 33 heavy (non-hydrogen) atoms. The van der Waals surface area contributed by atoms with Gasteiger partial charge in [0.2, 0.25) is 0 Å². The Labute approximate surface area is 200 Å². The number of piperazine rings is 1. The van der Waals surface area contributed by atoms with Crippen molar-refractivity contribution in [3.8, 4) is 0 Å². The van der Waals surface area contributed by atoms with Gasteiger partial charge in [-0.15, -0.1) is 0 Å². The molecule has 2 aromatic rings. The number of aromatic nitrogens is 4. The van der Waals surface area contributed by atoms with Gasteiger partial charge >= 0.3 is 0 Å². The van der Waals surface area contributed by atoms with Crippen LogP contribution in [0.5, 0.6) is 0 Å². The van der Waals surface area contributed by atoms with Gasteiger partial charge in [-0.3, -0.25) is 4.68 Å². The molecule has 0 aliphatic carbocycles. The van der Waals surface area contributed by atoms with E-state index in [1.807, 2.05) is 46.3 Å². The van der Waals surface area contributed by atoms with Crippen molar-refractivity contribution in [2.75, 3.05) is 39.3 Å². The molecule has 2 unspecified atom stereocenters. The van der Waals surface area contributed by atoms with Gasteiger partial charge in [-0.05, 0) is 26.0 Å². The molecule has 1 fully saturated rings. The summed E-state index contributed by atoms with van der Waals surface area (Å²) in [7, 11) is 0. The van der Waals surface area contributed by atoms with E-state index in [0.717, 1.165) is 58.2 Å². The molecule has 6 heterocycles. The van der Waals surface area contributed by atoms with Gasteiger partial charge in [-0.1, -0.05) is 27.7 Å². The SMILES string of the molecule is C1=C2CNCCN2NC1.CC.CC.CC1NCCn2ccnc21.CC1NCCn2nccc21. The van der Waals surface area contributed by atoms with Crippen molar-refractivity contribution >= 4 is 0 Å². The first kappa shape index (κ1) is 27.0. The van der Waals surface area contributed by atoms with E-state index < -0.39 is 0 Å². The monoisotopic (exact) mass is 459 g/mol. The molecule has 9 heteroatoms. The molecule has 186 valence electrons. The van der Waals surface area contributed by atoms with Crippen molar-refractivity contribution < 1.29 is 0 Å². The van der Waals surface area contributed by atoms with Crippen molar-refractivity contribution in [1.82, 2.24) is 45.7 Å². The van der Waals surface area contributed by atoms with Crippen molar-refractivity contribution in [3.05, 3.63) is 47.9 Å². The predicted octanol–water partition coefficient (Wildman–Crippen LogP) is 2.44. The highest BCUT2D eigenvalue weighted by atomic mass is 15.5. The molecule has 0 radical (unpaired) electrons. The molecule has 4 aliphatic heterocycles. The van der Waals surface area contributed by atoms with E-state index in [-0.39, 0.29) is 0 Å². The van der Waals surface area contributed by atoms with Crippen molar-refractivity contribution in [2.45, 2.75) is 66.7 Å². The lowest BCUT2D eigenvalue weighted by Crippen LogP contribution is -2.44. The quantitative estimate of drug-likeness (QED) is 0.481. The number of nitrogens with zero attached hydrogens (tertiary/aromatic N) is 5. The summed E-state index contributed by atoms with van der Waals surface area (Å²) in [5.74, 6) is 1.16. The number of imidazole rings is 1. The van der Waals surface area contributed by atoms with Gasteiger partial charge in [0.1, 0.15) is 5.82 Å². The second-order valence-electron chi connectivity index (χ2n) is 7.70. The minimum Gasteiger partial charge on any atom is -0.332 e. The maximum absolute atomic E-state index is 4.24. The topological polar surface area (TPSA) is 87.0 Å². The van der Waals surface area contributed by atoms with Crippen molar-refractivity contribution in [2.24, 2.45) is 0 Å². The highest BCUT2D eigenvalue weighted by Crippen LogP contribution is 2.14. The van der Waals surface area contributed by atoms with E-state index in [4.69, 9.17) is 0 Å². The molecule has 0 aromatic carbocycles. The molecule has 0 spiro atoms. The zero-order valence-electron chi connectivity index (χ0n) is 21.4. The number of nitrogens with one attached hydrogen (secondary N) is 4. The third kappa shape index (κ3) is 7.67. The third-order valence-corrected chi connectivity index (χ3v) is 5.69. The van der Waals surface area contributed by atoms with Gasteiger partial charge in [-0.2, -0.15) is 5.10 Å². The van der Waals surface area contributed by atoms with Crippen molar-refractivity contribution in [1.29, 1.82) is 0 Å². The van der Waals surface area contributed by atoms with Gasteiger partial charge in [0.25, 0.3) is 0 Å². The van der Waals surface area contributed by atoms with Crippen LogP contribution in [0, 0.1) is 0 Å². The Kier molecular flexibility index (Phi) is 12.2. The summed E-state index contributed by atoms with van der Waals surface area (Å²) >= 11 is 0. The smallest absolute Gasteiger partial charge is 0.125 e. The lowest BCUT2D eigenvalue weighted by molar-refractivity contribution is 0.250. The Morgan fingerprint density at radius 2 is 1.67 bits per heavy atom. The first-order chi connectivity index (χ1) is 16.2. The zero-order valence-corrected chi connectivity index (χ0v) is 21.4. The van der Waals surface area contributed by atoms with Crippen LogP contribution in [0.4, 0.5) is 0 Å². The van der Waals surface area contributed by atoms with Crippen LogP contribution >= 0.6 is 0 Å². The van der Waals surface area contributed by atoms with Gasteiger partial charge in [0.05, 0.1) is 18.3 Å². The highest BCUT2D eigenvalue weighted by Gasteiger charge is 2.17. The maximum atomic E-state index is 4.24. The number of hydrogen-bond acceptors (Lipinski definition) is 7. The van der Waals surface area contributed by atoms with E-state index >= 15 is 0 Å². The minimum atomic E-state index is 0.420. The average Bonchev–Trinajstić information content (AvgIpc) is 3.63. The normalized spacial score (nSPS) is 22.1. The van der Waals surface area contributed by atoms with E-state index in [2.05, 4.69) is 71.7 Å². The largest absolute Gasteiger partial charge is 0.332 e.